The smallest absolute Gasteiger partial charge is 0.485 e. The summed E-state index contributed by atoms with van der Waals surface area (Å²) in [4.78, 5) is 31.5. The van der Waals surface area contributed by atoms with Crippen LogP contribution in [0.5, 0.6) is 11.5 Å². The average molecular weight is 561 g/mol. The number of hydrogen-bond donors (Lipinski definition) is 1. The third kappa shape index (κ3) is 6.30. The molecule has 0 spiro atoms. The van der Waals surface area contributed by atoms with Crippen LogP contribution in [0, 0.1) is 5.82 Å². The number of alkyl halides is 3. The van der Waals surface area contributed by atoms with Crippen molar-refractivity contribution < 1.29 is 41.7 Å². The van der Waals surface area contributed by atoms with E-state index in [0.717, 1.165) is 5.52 Å². The standard InChI is InChI=1S/C25H23FN4O3.C2HF3O2/c1-29(2)24(31)9-12-30-20-13-17(16-7-10-27-11-8-16)18(26)14-19(20)28-25(30)23-15-32-21-5-3-4-6-22(21)33-23;3-2(4,5)1(6)7/h3-8,10-11,13-14,23H,9,12,15H2,1-2H3;(H,6,7). The zero-order valence-corrected chi connectivity index (χ0v) is 21.4. The average Bonchev–Trinajstić information content (AvgIpc) is 3.28. The monoisotopic (exact) mass is 560 g/mol. The van der Waals surface area contributed by atoms with Crippen LogP contribution in [-0.2, 0) is 16.1 Å². The summed E-state index contributed by atoms with van der Waals surface area (Å²) in [6.07, 6.45) is -2.05. The molecule has 5 rings (SSSR count). The molecule has 0 aliphatic carbocycles. The van der Waals surface area contributed by atoms with E-state index in [4.69, 9.17) is 24.4 Å². The number of aromatic nitrogens is 3. The largest absolute Gasteiger partial charge is 0.490 e. The third-order valence-electron chi connectivity index (χ3n) is 5.95. The highest BCUT2D eigenvalue weighted by atomic mass is 19.4. The van der Waals surface area contributed by atoms with E-state index in [9.17, 15) is 18.0 Å². The maximum absolute atomic E-state index is 15.0. The number of rotatable bonds is 5. The summed E-state index contributed by atoms with van der Waals surface area (Å²) in [6, 6.07) is 14.2. The van der Waals surface area contributed by atoms with Crippen molar-refractivity contribution in [2.45, 2.75) is 25.2 Å². The van der Waals surface area contributed by atoms with Crippen LogP contribution >= 0.6 is 0 Å². The molecular formula is C27H24F4N4O5. The van der Waals surface area contributed by atoms with Gasteiger partial charge in [0.2, 0.25) is 5.91 Å². The van der Waals surface area contributed by atoms with Crippen molar-refractivity contribution in [2.75, 3.05) is 20.7 Å². The van der Waals surface area contributed by atoms with Gasteiger partial charge in [-0.2, -0.15) is 13.2 Å². The van der Waals surface area contributed by atoms with E-state index in [2.05, 4.69) is 4.98 Å². The van der Waals surface area contributed by atoms with Crippen LogP contribution in [0.4, 0.5) is 17.6 Å². The number of benzene rings is 2. The van der Waals surface area contributed by atoms with Gasteiger partial charge in [-0.25, -0.2) is 14.2 Å². The number of aryl methyl sites for hydroxylation is 1. The molecule has 1 unspecified atom stereocenters. The van der Waals surface area contributed by atoms with Gasteiger partial charge in [0.05, 0.1) is 11.0 Å². The number of amides is 1. The van der Waals surface area contributed by atoms with Gasteiger partial charge in [-0.15, -0.1) is 0 Å². The van der Waals surface area contributed by atoms with Crippen molar-refractivity contribution in [3.8, 4) is 22.6 Å². The molecule has 1 amide bonds. The molecule has 13 heteroatoms. The second kappa shape index (κ2) is 11.6. The van der Waals surface area contributed by atoms with Crippen LogP contribution in [0.1, 0.15) is 18.3 Å². The molecule has 3 heterocycles. The number of fused-ring (bicyclic) bond motifs is 2. The SMILES string of the molecule is CN(C)C(=O)CCn1c(C2COc3ccccc3O2)nc2cc(F)c(-c3ccncc3)cc21.O=C(O)C(F)(F)F. The number of carboxylic acids is 1. The Bertz CT molecular complexity index is 1520. The molecule has 2 aromatic carbocycles. The molecule has 1 N–H and O–H groups in total. The Morgan fingerprint density at radius 2 is 1.75 bits per heavy atom. The van der Waals surface area contributed by atoms with E-state index >= 15 is 4.39 Å². The lowest BCUT2D eigenvalue weighted by molar-refractivity contribution is -0.192. The summed E-state index contributed by atoms with van der Waals surface area (Å²) in [7, 11) is 3.45. The number of nitrogens with zero attached hydrogens (tertiary/aromatic N) is 4. The first-order chi connectivity index (χ1) is 19.0. The van der Waals surface area contributed by atoms with Gasteiger partial charge in [0.25, 0.3) is 0 Å². The van der Waals surface area contributed by atoms with Crippen molar-refractivity contribution >= 4 is 22.9 Å². The number of carbonyl (C=O) groups is 2. The number of imidazole rings is 1. The van der Waals surface area contributed by atoms with Gasteiger partial charge in [0, 0.05) is 51.1 Å². The normalized spacial score (nSPS) is 14.3. The number of halogens is 4. The first-order valence-electron chi connectivity index (χ1n) is 11.9. The highest BCUT2D eigenvalue weighted by Crippen LogP contribution is 2.37. The summed E-state index contributed by atoms with van der Waals surface area (Å²) >= 11 is 0. The van der Waals surface area contributed by atoms with E-state index in [1.54, 1.807) is 49.6 Å². The first-order valence-corrected chi connectivity index (χ1v) is 11.9. The summed E-state index contributed by atoms with van der Waals surface area (Å²) in [5.74, 6) is -1.25. The van der Waals surface area contributed by atoms with Crippen LogP contribution in [0.3, 0.4) is 0 Å². The molecule has 2 aromatic heterocycles. The number of hydrogen-bond acceptors (Lipinski definition) is 6. The summed E-state index contributed by atoms with van der Waals surface area (Å²) in [6.45, 7) is 0.646. The maximum Gasteiger partial charge on any atom is 0.490 e. The van der Waals surface area contributed by atoms with Crippen molar-refractivity contribution in [1.29, 1.82) is 0 Å². The van der Waals surface area contributed by atoms with Crippen molar-refractivity contribution in [3.63, 3.8) is 0 Å². The Kier molecular flexibility index (Phi) is 8.21. The molecule has 4 aromatic rings. The van der Waals surface area contributed by atoms with E-state index < -0.39 is 18.2 Å². The molecule has 1 aliphatic rings. The lowest BCUT2D eigenvalue weighted by Crippen LogP contribution is -2.26. The van der Waals surface area contributed by atoms with Gasteiger partial charge in [-0.1, -0.05) is 12.1 Å². The van der Waals surface area contributed by atoms with Gasteiger partial charge >= 0.3 is 12.1 Å². The number of ether oxygens (including phenoxy) is 2. The van der Waals surface area contributed by atoms with Crippen LogP contribution in [-0.4, -0.2) is 63.3 Å². The molecule has 40 heavy (non-hydrogen) atoms. The van der Waals surface area contributed by atoms with Crippen LogP contribution in [0.25, 0.3) is 22.2 Å². The molecule has 0 fully saturated rings. The topological polar surface area (TPSA) is 107 Å². The summed E-state index contributed by atoms with van der Waals surface area (Å²) < 4.78 is 60.8. The number of carboxylic acid groups (broad SMARTS) is 1. The fourth-order valence-electron chi connectivity index (χ4n) is 3.98. The van der Waals surface area contributed by atoms with Crippen LogP contribution in [0.2, 0.25) is 0 Å². The highest BCUT2D eigenvalue weighted by molar-refractivity contribution is 5.83. The minimum Gasteiger partial charge on any atom is -0.485 e. The minimum absolute atomic E-state index is 0.00886. The first kappa shape index (κ1) is 28.3. The fraction of sp³-hybridized carbons (Fsp3) is 0.259. The van der Waals surface area contributed by atoms with E-state index in [1.165, 1.54) is 6.07 Å². The Labute approximate surface area is 225 Å². The number of pyridine rings is 1. The molecular weight excluding hydrogens is 536 g/mol. The van der Waals surface area contributed by atoms with Crippen LogP contribution in [0.15, 0.2) is 60.9 Å². The predicted octanol–water partition coefficient (Wildman–Crippen LogP) is 4.86. The zero-order valence-electron chi connectivity index (χ0n) is 21.4. The van der Waals surface area contributed by atoms with Gasteiger partial charge < -0.3 is 24.0 Å². The Hall–Kier alpha value is -4.68. The molecule has 0 saturated heterocycles. The number of carbonyl (C=O) groups excluding carboxylic acids is 1. The second-order valence-electron chi connectivity index (χ2n) is 8.88. The lowest BCUT2D eigenvalue weighted by Gasteiger charge is -2.26. The van der Waals surface area contributed by atoms with Gasteiger partial charge in [0.1, 0.15) is 12.4 Å². The molecule has 0 saturated carbocycles. The van der Waals surface area contributed by atoms with Gasteiger partial charge in [-0.3, -0.25) is 9.78 Å². The molecule has 0 radical (unpaired) electrons. The third-order valence-corrected chi connectivity index (χ3v) is 5.95. The van der Waals surface area contributed by atoms with Gasteiger partial charge in [0.15, 0.2) is 23.4 Å². The second-order valence-corrected chi connectivity index (χ2v) is 8.88. The Balaban J connectivity index is 0.000000470. The predicted molar refractivity (Wildman–Crippen MR) is 135 cm³/mol. The minimum atomic E-state index is -5.08. The highest BCUT2D eigenvalue weighted by Gasteiger charge is 2.38. The summed E-state index contributed by atoms with van der Waals surface area (Å²) in [5.41, 5.74) is 2.39. The molecule has 210 valence electrons. The zero-order chi connectivity index (χ0) is 29.0. The van der Waals surface area contributed by atoms with Gasteiger partial charge in [-0.05, 0) is 35.9 Å². The lowest BCUT2D eigenvalue weighted by atomic mass is 10.1. The Morgan fingerprint density at radius 1 is 1.10 bits per heavy atom. The van der Waals surface area contributed by atoms with Crippen LogP contribution < -0.4 is 9.47 Å². The van der Waals surface area contributed by atoms with Crippen molar-refractivity contribution in [2.24, 2.45) is 0 Å². The molecule has 1 aliphatic heterocycles. The fourth-order valence-corrected chi connectivity index (χ4v) is 3.98. The molecule has 1 atom stereocenters. The summed E-state index contributed by atoms with van der Waals surface area (Å²) in [5, 5.41) is 7.12. The quantitative estimate of drug-likeness (QED) is 0.348. The van der Waals surface area contributed by atoms with Crippen molar-refractivity contribution in [1.82, 2.24) is 19.4 Å². The van der Waals surface area contributed by atoms with Crippen molar-refractivity contribution in [3.05, 3.63) is 72.6 Å². The molecule has 0 bridgehead atoms. The van der Waals surface area contributed by atoms with E-state index in [-0.39, 0.29) is 24.8 Å². The van der Waals surface area contributed by atoms with E-state index in [1.807, 2.05) is 28.8 Å². The maximum atomic E-state index is 15.0. The molecule has 9 nitrogen and oxygen atoms in total. The number of aliphatic carboxylic acids is 1. The Morgan fingerprint density at radius 3 is 2.38 bits per heavy atom. The number of para-hydroxylation sites is 2. The van der Waals surface area contributed by atoms with E-state index in [0.29, 0.717) is 40.5 Å².